The SMILES string of the molecule is CCn1c(=O)c2ccccc2n(CC(=O)N2CC[C@@H]3CCCC[C@H]3C2)c1=O. The van der Waals surface area contributed by atoms with Gasteiger partial charge in [0.15, 0.2) is 0 Å². The largest absolute Gasteiger partial charge is 0.341 e. The van der Waals surface area contributed by atoms with Crippen LogP contribution in [0.3, 0.4) is 0 Å². The molecule has 0 radical (unpaired) electrons. The van der Waals surface area contributed by atoms with E-state index in [9.17, 15) is 14.4 Å². The van der Waals surface area contributed by atoms with Crippen LogP contribution in [0, 0.1) is 11.8 Å². The van der Waals surface area contributed by atoms with Gasteiger partial charge in [-0.15, -0.1) is 0 Å². The zero-order valence-electron chi connectivity index (χ0n) is 15.9. The van der Waals surface area contributed by atoms with Crippen molar-refractivity contribution >= 4 is 16.8 Å². The Bertz CT molecular complexity index is 975. The Labute approximate surface area is 158 Å². The second kappa shape index (κ2) is 7.33. The predicted molar refractivity (Wildman–Crippen MR) is 105 cm³/mol. The smallest absolute Gasteiger partial charge is 0.331 e. The molecule has 2 aliphatic rings. The minimum Gasteiger partial charge on any atom is -0.341 e. The first-order chi connectivity index (χ1) is 13.1. The van der Waals surface area contributed by atoms with Crippen LogP contribution in [0.4, 0.5) is 0 Å². The van der Waals surface area contributed by atoms with E-state index in [-0.39, 0.29) is 18.0 Å². The molecule has 1 amide bonds. The molecule has 0 unspecified atom stereocenters. The summed E-state index contributed by atoms with van der Waals surface area (Å²) in [7, 11) is 0. The number of carbonyl (C=O) groups is 1. The van der Waals surface area contributed by atoms with Gasteiger partial charge in [-0.3, -0.25) is 18.7 Å². The lowest BCUT2D eigenvalue weighted by Crippen LogP contribution is -2.48. The van der Waals surface area contributed by atoms with Gasteiger partial charge in [0.25, 0.3) is 5.56 Å². The number of fused-ring (bicyclic) bond motifs is 2. The van der Waals surface area contributed by atoms with Crippen molar-refractivity contribution < 1.29 is 4.79 Å². The number of aromatic nitrogens is 2. The standard InChI is InChI=1S/C21H27N3O3/c1-2-23-20(26)17-9-5-6-10-18(17)24(21(23)27)14-19(25)22-12-11-15-7-3-4-8-16(15)13-22/h5-6,9-10,15-16H,2-4,7-8,11-14H2,1H3/t15-,16-/m0/s1. The lowest BCUT2D eigenvalue weighted by Gasteiger charge is -2.41. The number of likely N-dealkylation sites (tertiary alicyclic amines) is 1. The first kappa shape index (κ1) is 18.0. The normalized spacial score (nSPS) is 22.6. The van der Waals surface area contributed by atoms with Gasteiger partial charge in [-0.25, -0.2) is 4.79 Å². The first-order valence-corrected chi connectivity index (χ1v) is 10.1. The van der Waals surface area contributed by atoms with Crippen LogP contribution in [0.2, 0.25) is 0 Å². The van der Waals surface area contributed by atoms with E-state index >= 15 is 0 Å². The zero-order valence-corrected chi connectivity index (χ0v) is 15.9. The zero-order chi connectivity index (χ0) is 19.0. The topological polar surface area (TPSA) is 64.3 Å². The molecule has 1 saturated heterocycles. The molecule has 144 valence electrons. The fourth-order valence-corrected chi connectivity index (χ4v) is 4.87. The summed E-state index contributed by atoms with van der Waals surface area (Å²) in [6, 6.07) is 7.05. The lowest BCUT2D eigenvalue weighted by atomic mass is 9.75. The molecule has 6 heteroatoms. The number of amides is 1. The number of hydrogen-bond acceptors (Lipinski definition) is 3. The van der Waals surface area contributed by atoms with Crippen molar-refractivity contribution in [3.8, 4) is 0 Å². The third-order valence-corrected chi connectivity index (χ3v) is 6.39. The van der Waals surface area contributed by atoms with Crippen LogP contribution in [-0.2, 0) is 17.9 Å². The summed E-state index contributed by atoms with van der Waals surface area (Å²) in [5, 5.41) is 0.484. The number of piperidine rings is 1. The highest BCUT2D eigenvalue weighted by atomic mass is 16.2. The predicted octanol–water partition coefficient (Wildman–Crippen LogP) is 2.22. The van der Waals surface area contributed by atoms with E-state index in [4.69, 9.17) is 0 Å². The van der Waals surface area contributed by atoms with Crippen molar-refractivity contribution in [2.75, 3.05) is 13.1 Å². The second-order valence-corrected chi connectivity index (χ2v) is 7.87. The van der Waals surface area contributed by atoms with E-state index < -0.39 is 5.69 Å². The highest BCUT2D eigenvalue weighted by Gasteiger charge is 2.33. The second-order valence-electron chi connectivity index (χ2n) is 7.87. The van der Waals surface area contributed by atoms with Crippen LogP contribution in [0.25, 0.3) is 10.9 Å². The molecule has 0 N–H and O–H groups in total. The van der Waals surface area contributed by atoms with Gasteiger partial charge in [-0.2, -0.15) is 0 Å². The van der Waals surface area contributed by atoms with E-state index in [0.29, 0.717) is 23.4 Å². The molecule has 2 aromatic rings. The van der Waals surface area contributed by atoms with Gasteiger partial charge in [-0.1, -0.05) is 31.4 Å². The molecular weight excluding hydrogens is 342 g/mol. The Balaban J connectivity index is 1.64. The molecule has 1 aliphatic carbocycles. The third kappa shape index (κ3) is 3.22. The van der Waals surface area contributed by atoms with Crippen LogP contribution in [0.5, 0.6) is 0 Å². The van der Waals surface area contributed by atoms with Crippen LogP contribution in [0.1, 0.15) is 39.0 Å². The fraction of sp³-hybridized carbons (Fsp3) is 0.571. The molecule has 1 saturated carbocycles. The Morgan fingerprint density at radius 1 is 1.04 bits per heavy atom. The van der Waals surface area contributed by atoms with Crippen molar-refractivity contribution in [1.29, 1.82) is 0 Å². The van der Waals surface area contributed by atoms with E-state index in [1.54, 1.807) is 31.2 Å². The molecule has 0 spiro atoms. The van der Waals surface area contributed by atoms with Crippen molar-refractivity contribution in [2.45, 2.75) is 52.1 Å². The summed E-state index contributed by atoms with van der Waals surface area (Å²) in [6.07, 6.45) is 6.14. The van der Waals surface area contributed by atoms with Gasteiger partial charge < -0.3 is 4.90 Å². The minimum atomic E-state index is -0.401. The number of benzene rings is 1. The summed E-state index contributed by atoms with van der Waals surface area (Å²) < 4.78 is 2.68. The van der Waals surface area contributed by atoms with Crippen LogP contribution in [0.15, 0.2) is 33.9 Å². The molecule has 6 nitrogen and oxygen atoms in total. The van der Waals surface area contributed by atoms with Crippen LogP contribution >= 0.6 is 0 Å². The van der Waals surface area contributed by atoms with Gasteiger partial charge in [0.1, 0.15) is 6.54 Å². The third-order valence-electron chi connectivity index (χ3n) is 6.39. The quantitative estimate of drug-likeness (QED) is 0.833. The molecule has 4 rings (SSSR count). The fourth-order valence-electron chi connectivity index (χ4n) is 4.87. The minimum absolute atomic E-state index is 0.00296. The summed E-state index contributed by atoms with van der Waals surface area (Å²) in [5.41, 5.74) is -0.148. The number of hydrogen-bond donors (Lipinski definition) is 0. The van der Waals surface area contributed by atoms with E-state index in [0.717, 1.165) is 25.4 Å². The van der Waals surface area contributed by atoms with Gasteiger partial charge in [0.2, 0.25) is 5.91 Å². The van der Waals surface area contributed by atoms with E-state index in [1.165, 1.54) is 34.8 Å². The Morgan fingerprint density at radius 3 is 2.56 bits per heavy atom. The maximum Gasteiger partial charge on any atom is 0.331 e. The van der Waals surface area contributed by atoms with Crippen molar-refractivity contribution in [1.82, 2.24) is 14.0 Å². The van der Waals surface area contributed by atoms with Crippen molar-refractivity contribution in [3.63, 3.8) is 0 Å². The molecule has 1 aromatic heterocycles. The maximum absolute atomic E-state index is 13.0. The lowest BCUT2D eigenvalue weighted by molar-refractivity contribution is -0.135. The van der Waals surface area contributed by atoms with Gasteiger partial charge in [0, 0.05) is 19.6 Å². The monoisotopic (exact) mass is 369 g/mol. The molecule has 2 heterocycles. The molecule has 1 aliphatic heterocycles. The number of nitrogens with zero attached hydrogens (tertiary/aromatic N) is 3. The number of para-hydroxylation sites is 1. The van der Waals surface area contributed by atoms with Crippen LogP contribution < -0.4 is 11.2 Å². The maximum atomic E-state index is 13.0. The van der Waals surface area contributed by atoms with Crippen molar-refractivity contribution in [3.05, 3.63) is 45.1 Å². The molecule has 2 fully saturated rings. The molecule has 27 heavy (non-hydrogen) atoms. The van der Waals surface area contributed by atoms with E-state index in [2.05, 4.69) is 0 Å². The average molecular weight is 369 g/mol. The van der Waals surface area contributed by atoms with Crippen LogP contribution in [-0.4, -0.2) is 33.0 Å². The molecular formula is C21H27N3O3. The highest BCUT2D eigenvalue weighted by Crippen LogP contribution is 2.36. The summed E-state index contributed by atoms with van der Waals surface area (Å²) >= 11 is 0. The Kier molecular flexibility index (Phi) is 4.89. The van der Waals surface area contributed by atoms with Gasteiger partial charge in [-0.05, 0) is 43.7 Å². The summed E-state index contributed by atoms with van der Waals surface area (Å²) in [4.78, 5) is 40.3. The van der Waals surface area contributed by atoms with E-state index in [1.807, 2.05) is 4.90 Å². The summed E-state index contributed by atoms with van der Waals surface area (Å²) in [5.74, 6) is 1.34. The molecule has 0 bridgehead atoms. The molecule has 1 aromatic carbocycles. The van der Waals surface area contributed by atoms with Crippen molar-refractivity contribution in [2.24, 2.45) is 11.8 Å². The number of carbonyl (C=O) groups excluding carboxylic acids is 1. The Morgan fingerprint density at radius 2 is 1.78 bits per heavy atom. The average Bonchev–Trinajstić information content (AvgIpc) is 2.71. The molecule has 2 atom stereocenters. The van der Waals surface area contributed by atoms with Gasteiger partial charge >= 0.3 is 5.69 Å². The highest BCUT2D eigenvalue weighted by molar-refractivity contribution is 5.81. The summed E-state index contributed by atoms with van der Waals surface area (Å²) in [6.45, 7) is 3.66. The van der Waals surface area contributed by atoms with Gasteiger partial charge in [0.05, 0.1) is 10.9 Å². The number of rotatable bonds is 3. The Hall–Kier alpha value is -2.37. The first-order valence-electron chi connectivity index (χ1n) is 10.1.